The average molecular weight is 731 g/mol. The standard InChI is InChI=1S/C37H66N2O12/c1-14-25-37(10,44)29(41)22(6)38-32-18(2)16-36(9,51-32)31(50-34-27(40)24(39(11)12)15-19(3)46-34)20(4)28(21(5)33(43)48-25)49-26-17-35(8,45-13)30(42)23(7)47-26/h18-31,34,40-42,44H,14-17H2,1-13H3/t18?,19-,20+,21-,22-,23-,24+,25-,26?,27-,28+,29-,30-,31-,34?,35+,36+,37-/m1/s1. The molecule has 296 valence electrons. The number of esters is 1. The zero-order chi connectivity index (χ0) is 38.4. The smallest absolute Gasteiger partial charge is 0.311 e. The molecule has 0 aromatic carbocycles. The van der Waals surface area contributed by atoms with Gasteiger partial charge in [0.25, 0.3) is 0 Å². The number of carbonyl (C=O) groups excluding carboxylic acids is 1. The summed E-state index contributed by atoms with van der Waals surface area (Å²) in [6.07, 6.45) is -7.53. The number of aliphatic hydroxyl groups excluding tert-OH is 3. The number of nitrogens with zero attached hydrogens (tertiary/aromatic N) is 2. The molecule has 3 unspecified atom stereocenters. The molecule has 14 heteroatoms. The van der Waals surface area contributed by atoms with Crippen LogP contribution in [0.15, 0.2) is 4.99 Å². The molecule has 3 saturated heterocycles. The lowest BCUT2D eigenvalue weighted by molar-refractivity contribution is -0.315. The minimum atomic E-state index is -1.84. The van der Waals surface area contributed by atoms with Gasteiger partial charge in [-0.1, -0.05) is 20.8 Å². The summed E-state index contributed by atoms with van der Waals surface area (Å²) in [6, 6.07) is -1.04. The molecule has 0 amide bonds. The van der Waals surface area contributed by atoms with Gasteiger partial charge in [0, 0.05) is 37.8 Å². The van der Waals surface area contributed by atoms with Crippen LogP contribution in [0.3, 0.4) is 0 Å². The number of cyclic esters (lactones) is 1. The summed E-state index contributed by atoms with van der Waals surface area (Å²) >= 11 is 0. The van der Waals surface area contributed by atoms with Gasteiger partial charge < -0.3 is 58.5 Å². The Morgan fingerprint density at radius 2 is 1.61 bits per heavy atom. The van der Waals surface area contributed by atoms with Gasteiger partial charge in [0.05, 0.1) is 35.9 Å². The molecule has 0 aromatic heterocycles. The van der Waals surface area contributed by atoms with Crippen molar-refractivity contribution < 1.29 is 58.4 Å². The SMILES string of the molecule is CC[C@H]1OC(=O)[C@H](C)[C@@H](OC2C[C@](C)(OC)[C@H](O)[C@@H](C)O2)[C@H](C)[C@@H](OC2O[C@H](C)C[C@H](N(C)C)[C@H]2O)[C@]2(C)CC(C)C(=N[C@H](C)[C@@H](O)[C@]1(C)O)O2. The van der Waals surface area contributed by atoms with Crippen LogP contribution in [0.1, 0.15) is 94.9 Å². The van der Waals surface area contributed by atoms with Gasteiger partial charge in [0.1, 0.15) is 41.7 Å². The minimum Gasteiger partial charge on any atom is -0.472 e. The van der Waals surface area contributed by atoms with Crippen molar-refractivity contribution in [2.24, 2.45) is 22.7 Å². The second kappa shape index (κ2) is 16.1. The first kappa shape index (κ1) is 42.3. The molecule has 0 spiro atoms. The fourth-order valence-electron chi connectivity index (χ4n) is 8.61. The molecule has 0 aliphatic carbocycles. The Kier molecular flexibility index (Phi) is 13.4. The van der Waals surface area contributed by atoms with Crippen LogP contribution in [0.25, 0.3) is 0 Å². The summed E-state index contributed by atoms with van der Waals surface area (Å²) in [5.74, 6) is -2.03. The van der Waals surface area contributed by atoms with Crippen LogP contribution in [0.5, 0.6) is 0 Å². The van der Waals surface area contributed by atoms with Crippen molar-refractivity contribution >= 4 is 11.9 Å². The summed E-state index contributed by atoms with van der Waals surface area (Å²) in [6.45, 7) is 17.8. The number of aliphatic hydroxyl groups is 4. The fourth-order valence-corrected chi connectivity index (χ4v) is 8.61. The lowest BCUT2D eigenvalue weighted by Crippen LogP contribution is -2.60. The molecule has 51 heavy (non-hydrogen) atoms. The summed E-state index contributed by atoms with van der Waals surface area (Å²) in [5.41, 5.74) is -3.91. The van der Waals surface area contributed by atoms with Crippen molar-refractivity contribution in [3.05, 3.63) is 0 Å². The Morgan fingerprint density at radius 1 is 0.961 bits per heavy atom. The van der Waals surface area contributed by atoms with Gasteiger partial charge in [-0.25, -0.2) is 4.99 Å². The van der Waals surface area contributed by atoms with Crippen LogP contribution < -0.4 is 0 Å². The Labute approximate surface area is 304 Å². The van der Waals surface area contributed by atoms with Gasteiger partial charge in [-0.3, -0.25) is 4.79 Å². The van der Waals surface area contributed by atoms with Crippen molar-refractivity contribution in [1.29, 1.82) is 0 Å². The highest BCUT2D eigenvalue weighted by Crippen LogP contribution is 2.44. The quantitative estimate of drug-likeness (QED) is 0.281. The number of hydrogen-bond acceptors (Lipinski definition) is 14. The largest absolute Gasteiger partial charge is 0.472 e. The van der Waals surface area contributed by atoms with Crippen LogP contribution in [0.2, 0.25) is 0 Å². The maximum Gasteiger partial charge on any atom is 0.311 e. The average Bonchev–Trinajstić information content (AvgIpc) is 3.35. The van der Waals surface area contributed by atoms with E-state index in [-0.39, 0.29) is 30.9 Å². The van der Waals surface area contributed by atoms with Gasteiger partial charge in [-0.2, -0.15) is 0 Å². The molecule has 14 nitrogen and oxygen atoms in total. The first-order valence-electron chi connectivity index (χ1n) is 18.7. The number of fused-ring (bicyclic) bond motifs is 2. The number of carbonyl (C=O) groups is 1. The molecule has 0 radical (unpaired) electrons. The van der Waals surface area contributed by atoms with Gasteiger partial charge in [0.15, 0.2) is 18.5 Å². The number of rotatable bonds is 7. The third-order valence-electron chi connectivity index (χ3n) is 11.9. The summed E-state index contributed by atoms with van der Waals surface area (Å²) in [5, 5.41) is 45.5. The normalized spacial score (nSPS) is 50.3. The topological polar surface area (TPSA) is 178 Å². The summed E-state index contributed by atoms with van der Waals surface area (Å²) in [7, 11) is 5.33. The molecule has 4 aliphatic rings. The Hall–Kier alpha value is -1.46. The molecule has 2 bridgehead atoms. The van der Waals surface area contributed by atoms with E-state index >= 15 is 0 Å². The number of methoxy groups -OCH3 is 1. The number of hydrogen-bond donors (Lipinski definition) is 4. The maximum absolute atomic E-state index is 14.2. The van der Waals surface area contributed by atoms with Crippen molar-refractivity contribution in [2.75, 3.05) is 21.2 Å². The third-order valence-corrected chi connectivity index (χ3v) is 11.9. The zero-order valence-electron chi connectivity index (χ0n) is 32.9. The van der Waals surface area contributed by atoms with Crippen molar-refractivity contribution in [3.63, 3.8) is 0 Å². The fraction of sp³-hybridized carbons (Fsp3) is 0.946. The summed E-state index contributed by atoms with van der Waals surface area (Å²) in [4.78, 5) is 20.9. The predicted octanol–water partition coefficient (Wildman–Crippen LogP) is 2.41. The third kappa shape index (κ3) is 8.60. The minimum absolute atomic E-state index is 0.163. The number of ether oxygens (including phenoxy) is 7. The monoisotopic (exact) mass is 730 g/mol. The van der Waals surface area contributed by atoms with Gasteiger partial charge >= 0.3 is 5.97 Å². The highest BCUT2D eigenvalue weighted by molar-refractivity contribution is 5.81. The van der Waals surface area contributed by atoms with E-state index in [1.54, 1.807) is 34.6 Å². The number of aliphatic imine (C=N–C) groups is 1. The lowest BCUT2D eigenvalue weighted by atomic mass is 9.79. The first-order chi connectivity index (χ1) is 23.6. The predicted molar refractivity (Wildman–Crippen MR) is 188 cm³/mol. The summed E-state index contributed by atoms with van der Waals surface area (Å²) < 4.78 is 44.5. The molecule has 18 atom stereocenters. The Bertz CT molecular complexity index is 1220. The molecule has 0 saturated carbocycles. The van der Waals surface area contributed by atoms with E-state index in [9.17, 15) is 25.2 Å². The van der Waals surface area contributed by atoms with E-state index in [0.717, 1.165) is 0 Å². The Morgan fingerprint density at radius 3 is 2.20 bits per heavy atom. The molecule has 4 N–H and O–H groups in total. The van der Waals surface area contributed by atoms with Crippen LogP contribution in [0.4, 0.5) is 0 Å². The van der Waals surface area contributed by atoms with E-state index in [4.69, 9.17) is 38.2 Å². The number of likely N-dealkylation sites (N-methyl/N-ethyl adjacent to an activating group) is 1. The lowest BCUT2D eigenvalue weighted by Gasteiger charge is -2.48. The highest BCUT2D eigenvalue weighted by atomic mass is 16.7. The molecule has 4 heterocycles. The van der Waals surface area contributed by atoms with E-state index in [1.165, 1.54) is 14.0 Å². The second-order valence-electron chi connectivity index (χ2n) is 16.5. The van der Waals surface area contributed by atoms with Crippen molar-refractivity contribution in [3.8, 4) is 0 Å². The molecular weight excluding hydrogens is 664 g/mol. The molecular formula is C37H66N2O12. The van der Waals surface area contributed by atoms with Crippen LogP contribution in [-0.4, -0.2) is 149 Å². The zero-order valence-corrected chi connectivity index (χ0v) is 32.9. The van der Waals surface area contributed by atoms with E-state index in [2.05, 4.69) is 0 Å². The van der Waals surface area contributed by atoms with E-state index in [0.29, 0.717) is 18.7 Å². The molecule has 3 fully saturated rings. The highest BCUT2D eigenvalue weighted by Gasteiger charge is 2.56. The molecule has 0 aromatic rings. The molecule has 4 aliphatic heterocycles. The van der Waals surface area contributed by atoms with Crippen molar-refractivity contribution in [2.45, 2.75) is 185 Å². The van der Waals surface area contributed by atoms with Crippen LogP contribution >= 0.6 is 0 Å². The van der Waals surface area contributed by atoms with Crippen LogP contribution in [-0.2, 0) is 38.0 Å². The second-order valence-corrected chi connectivity index (χ2v) is 16.5. The van der Waals surface area contributed by atoms with Crippen molar-refractivity contribution in [1.82, 2.24) is 4.90 Å². The van der Waals surface area contributed by atoms with E-state index in [1.807, 2.05) is 46.7 Å². The Balaban J connectivity index is 1.85. The van der Waals surface area contributed by atoms with E-state index < -0.39 is 96.0 Å². The van der Waals surface area contributed by atoms with Gasteiger partial charge in [0.2, 0.25) is 0 Å². The molecule has 4 rings (SSSR count). The van der Waals surface area contributed by atoms with Gasteiger partial charge in [-0.15, -0.1) is 0 Å². The van der Waals surface area contributed by atoms with Crippen LogP contribution in [0, 0.1) is 17.8 Å². The first-order valence-corrected chi connectivity index (χ1v) is 18.7. The van der Waals surface area contributed by atoms with Gasteiger partial charge in [-0.05, 0) is 75.4 Å². The maximum atomic E-state index is 14.2.